The number of hydrogen-bond acceptors (Lipinski definition) is 3. The summed E-state index contributed by atoms with van der Waals surface area (Å²) in [4.78, 5) is 0. The first kappa shape index (κ1) is 4.94. The summed E-state index contributed by atoms with van der Waals surface area (Å²) in [6.45, 7) is 1.86. The highest BCUT2D eigenvalue weighted by atomic mass is 15.3. The fraction of sp³-hybridized carbons (Fsp3) is 0.200. The molecule has 0 atom stereocenters. The van der Waals surface area contributed by atoms with Gasteiger partial charge in [-0.15, -0.1) is 5.10 Å². The van der Waals surface area contributed by atoms with Gasteiger partial charge < -0.3 is 5.73 Å². The van der Waals surface area contributed by atoms with E-state index in [1.165, 1.54) is 0 Å². The van der Waals surface area contributed by atoms with Gasteiger partial charge >= 0.3 is 0 Å². The lowest BCUT2D eigenvalue weighted by Crippen LogP contribution is -2.12. The van der Waals surface area contributed by atoms with Gasteiger partial charge in [0.15, 0.2) is 0 Å². The van der Waals surface area contributed by atoms with E-state index >= 15 is 0 Å². The topological polar surface area (TPSA) is 50.4 Å². The van der Waals surface area contributed by atoms with Crippen LogP contribution in [-0.2, 0) is 0 Å². The molecule has 3 N–H and O–H groups in total. The Bertz CT molecular complexity index is 184. The second kappa shape index (κ2) is 1.72. The van der Waals surface area contributed by atoms with E-state index in [2.05, 4.69) is 16.4 Å². The number of hydrazone groups is 1. The average Bonchev–Trinajstić information content (AvgIpc) is 1.77. The maximum Gasteiger partial charge on any atom is 0.0618 e. The summed E-state index contributed by atoms with van der Waals surface area (Å²) in [5, 5.41) is 3.62. The van der Waals surface area contributed by atoms with Crippen molar-refractivity contribution >= 4 is 5.87 Å². The summed E-state index contributed by atoms with van der Waals surface area (Å²) in [6.07, 6.45) is 1.63. The Labute approximate surface area is 47.6 Å². The number of nitrogens with two attached hydrogens (primary N) is 1. The molecule has 0 bridgehead atoms. The molecule has 42 valence electrons. The molecule has 0 amide bonds. The molecule has 0 radical (unpaired) electrons. The lowest BCUT2D eigenvalue weighted by molar-refractivity contribution is 0.870. The highest BCUT2D eigenvalue weighted by Crippen LogP contribution is 1.94. The summed E-state index contributed by atoms with van der Waals surface area (Å²) in [5.41, 5.74) is 9.66. The van der Waals surface area contributed by atoms with E-state index in [1.807, 2.05) is 6.92 Å². The highest BCUT2D eigenvalue weighted by Gasteiger charge is 1.92. The normalized spacial score (nSPS) is 16.6. The van der Waals surface area contributed by atoms with Crippen LogP contribution in [0.5, 0.6) is 0 Å². The molecule has 1 aliphatic rings. The fourth-order valence-corrected chi connectivity index (χ4v) is 0.391. The zero-order chi connectivity index (χ0) is 5.98. The third-order valence-corrected chi connectivity index (χ3v) is 0.941. The standard InChI is InChI=1S/C5H7N3/c1-4-5(6)2-3-7-8-4/h2,8H,6H2,1H3. The second-order valence-corrected chi connectivity index (χ2v) is 1.58. The molecular formula is C5H7N3. The van der Waals surface area contributed by atoms with Gasteiger partial charge in [0.05, 0.1) is 11.4 Å². The minimum atomic E-state index is 0.694. The van der Waals surface area contributed by atoms with Gasteiger partial charge in [-0.2, -0.15) is 0 Å². The van der Waals surface area contributed by atoms with Crippen molar-refractivity contribution in [1.82, 2.24) is 5.43 Å². The molecule has 0 saturated heterocycles. The zero-order valence-corrected chi connectivity index (χ0v) is 4.60. The molecule has 8 heavy (non-hydrogen) atoms. The molecule has 1 aliphatic heterocycles. The van der Waals surface area contributed by atoms with E-state index in [0.717, 1.165) is 5.70 Å². The lowest BCUT2D eigenvalue weighted by atomic mass is 10.3. The quantitative estimate of drug-likeness (QED) is 0.457. The van der Waals surface area contributed by atoms with Gasteiger partial charge in [0, 0.05) is 11.9 Å². The maximum absolute atomic E-state index is 5.42. The minimum absolute atomic E-state index is 0.694. The fourth-order valence-electron chi connectivity index (χ4n) is 0.391. The van der Waals surface area contributed by atoms with Crippen LogP contribution in [0.3, 0.4) is 0 Å². The van der Waals surface area contributed by atoms with Crippen molar-refractivity contribution in [2.75, 3.05) is 0 Å². The average molecular weight is 109 g/mol. The molecule has 0 aromatic heterocycles. The first-order chi connectivity index (χ1) is 3.80. The van der Waals surface area contributed by atoms with Crippen molar-refractivity contribution in [3.8, 4) is 0 Å². The van der Waals surface area contributed by atoms with Crippen molar-refractivity contribution < 1.29 is 0 Å². The maximum atomic E-state index is 5.42. The number of rotatable bonds is 0. The second-order valence-electron chi connectivity index (χ2n) is 1.58. The molecule has 0 fully saturated rings. The Morgan fingerprint density at radius 3 is 3.00 bits per heavy atom. The number of hydrogen-bond donors (Lipinski definition) is 2. The van der Waals surface area contributed by atoms with E-state index in [0.29, 0.717) is 5.70 Å². The first-order valence-corrected chi connectivity index (χ1v) is 2.31. The van der Waals surface area contributed by atoms with Gasteiger partial charge in [0.1, 0.15) is 0 Å². The van der Waals surface area contributed by atoms with Crippen molar-refractivity contribution in [1.29, 1.82) is 0 Å². The van der Waals surface area contributed by atoms with E-state index in [-0.39, 0.29) is 0 Å². The predicted molar refractivity (Wildman–Crippen MR) is 32.0 cm³/mol. The van der Waals surface area contributed by atoms with Crippen molar-refractivity contribution in [2.24, 2.45) is 10.8 Å². The van der Waals surface area contributed by atoms with Crippen LogP contribution < -0.4 is 11.2 Å². The lowest BCUT2D eigenvalue weighted by Gasteiger charge is -2.02. The van der Waals surface area contributed by atoms with Crippen LogP contribution >= 0.6 is 0 Å². The van der Waals surface area contributed by atoms with E-state index < -0.39 is 0 Å². The number of nitrogens with one attached hydrogen (secondary N) is 1. The summed E-state index contributed by atoms with van der Waals surface area (Å²) in [5.74, 6) is 2.57. The Morgan fingerprint density at radius 2 is 2.62 bits per heavy atom. The van der Waals surface area contributed by atoms with Crippen LogP contribution in [0.1, 0.15) is 6.92 Å². The summed E-state index contributed by atoms with van der Waals surface area (Å²) >= 11 is 0. The van der Waals surface area contributed by atoms with Crippen molar-refractivity contribution in [2.45, 2.75) is 6.92 Å². The first-order valence-electron chi connectivity index (χ1n) is 2.31. The van der Waals surface area contributed by atoms with Crippen LogP contribution in [0.15, 0.2) is 22.6 Å². The smallest absolute Gasteiger partial charge is 0.0618 e. The summed E-state index contributed by atoms with van der Waals surface area (Å²) in [7, 11) is 0. The predicted octanol–water partition coefficient (Wildman–Crippen LogP) is -0.0793. The van der Waals surface area contributed by atoms with E-state index in [9.17, 15) is 0 Å². The van der Waals surface area contributed by atoms with Crippen LogP contribution in [-0.4, -0.2) is 5.87 Å². The molecule has 1 heterocycles. The summed E-state index contributed by atoms with van der Waals surface area (Å²) < 4.78 is 0. The monoisotopic (exact) mass is 109 g/mol. The van der Waals surface area contributed by atoms with Gasteiger partial charge in [0.25, 0.3) is 0 Å². The van der Waals surface area contributed by atoms with E-state index in [4.69, 9.17) is 5.73 Å². The Kier molecular flexibility index (Phi) is 1.06. The number of nitrogens with zero attached hydrogens (tertiary/aromatic N) is 1. The molecule has 0 saturated carbocycles. The molecule has 3 heteroatoms. The SMILES string of the molecule is CC1=C(N)C=C=NN1. The van der Waals surface area contributed by atoms with Crippen LogP contribution in [0.25, 0.3) is 0 Å². The molecule has 0 unspecified atom stereocenters. The van der Waals surface area contributed by atoms with Crippen molar-refractivity contribution in [3.63, 3.8) is 0 Å². The zero-order valence-electron chi connectivity index (χ0n) is 4.60. The van der Waals surface area contributed by atoms with Gasteiger partial charge in [-0.1, -0.05) is 0 Å². The molecule has 0 aliphatic carbocycles. The largest absolute Gasteiger partial charge is 0.397 e. The van der Waals surface area contributed by atoms with Crippen LogP contribution in [0.2, 0.25) is 0 Å². The third-order valence-electron chi connectivity index (χ3n) is 0.941. The molecule has 0 aromatic rings. The van der Waals surface area contributed by atoms with E-state index in [1.54, 1.807) is 6.08 Å². The third kappa shape index (κ3) is 0.718. The van der Waals surface area contributed by atoms with Gasteiger partial charge in [-0.3, -0.25) is 5.43 Å². The molecule has 0 aromatic carbocycles. The Morgan fingerprint density at radius 1 is 1.88 bits per heavy atom. The highest BCUT2D eigenvalue weighted by molar-refractivity contribution is 5.58. The number of allylic oxidation sites excluding steroid dienone is 2. The molecule has 1 rings (SSSR count). The summed E-state index contributed by atoms with van der Waals surface area (Å²) in [6, 6.07) is 0. The van der Waals surface area contributed by atoms with Crippen LogP contribution in [0, 0.1) is 0 Å². The van der Waals surface area contributed by atoms with Gasteiger partial charge in [0.2, 0.25) is 0 Å². The van der Waals surface area contributed by atoms with Gasteiger partial charge in [-0.05, 0) is 6.92 Å². The minimum Gasteiger partial charge on any atom is -0.397 e. The van der Waals surface area contributed by atoms with Crippen molar-refractivity contribution in [3.05, 3.63) is 17.5 Å². The van der Waals surface area contributed by atoms with Gasteiger partial charge in [-0.25, -0.2) is 0 Å². The molecule has 0 spiro atoms. The molecular weight excluding hydrogens is 102 g/mol. The Balaban J connectivity index is 2.93. The Hall–Kier alpha value is -1.21. The van der Waals surface area contributed by atoms with Crippen LogP contribution in [0.4, 0.5) is 0 Å². The molecule has 3 nitrogen and oxygen atoms in total.